The number of nitrogens with zero attached hydrogens (tertiary/aromatic N) is 2. The van der Waals surface area contributed by atoms with E-state index in [4.69, 9.17) is 10.00 Å². The van der Waals surface area contributed by atoms with Gasteiger partial charge < -0.3 is 4.74 Å². The standard InChI is InChI=1S/C14H9BrN2O2/c15-12-3-1-11(2-4-12)14(18)19-9-10-5-6-17-13(7-10)8-16/h1-7H,9H2. The van der Waals surface area contributed by atoms with Crippen LogP contribution in [-0.4, -0.2) is 11.0 Å². The number of nitriles is 1. The molecule has 19 heavy (non-hydrogen) atoms. The molecule has 0 fully saturated rings. The smallest absolute Gasteiger partial charge is 0.338 e. The molecule has 0 aliphatic heterocycles. The van der Waals surface area contributed by atoms with Gasteiger partial charge in [0.2, 0.25) is 0 Å². The molecule has 4 nitrogen and oxygen atoms in total. The van der Waals surface area contributed by atoms with E-state index in [1.165, 1.54) is 6.20 Å². The topological polar surface area (TPSA) is 63.0 Å². The summed E-state index contributed by atoms with van der Waals surface area (Å²) in [5.74, 6) is -0.400. The molecule has 0 N–H and O–H groups in total. The molecule has 1 heterocycles. The quantitative estimate of drug-likeness (QED) is 0.816. The highest BCUT2D eigenvalue weighted by atomic mass is 79.9. The predicted molar refractivity (Wildman–Crippen MR) is 72.2 cm³/mol. The second kappa shape index (κ2) is 6.12. The van der Waals surface area contributed by atoms with Crippen molar-refractivity contribution in [2.45, 2.75) is 6.61 Å². The van der Waals surface area contributed by atoms with Crippen molar-refractivity contribution in [3.63, 3.8) is 0 Å². The van der Waals surface area contributed by atoms with Crippen molar-refractivity contribution >= 4 is 21.9 Å². The molecule has 0 unspecified atom stereocenters. The van der Waals surface area contributed by atoms with Crippen LogP contribution in [0.25, 0.3) is 0 Å². The lowest BCUT2D eigenvalue weighted by Crippen LogP contribution is -2.05. The van der Waals surface area contributed by atoms with Gasteiger partial charge in [0.1, 0.15) is 18.4 Å². The molecule has 0 saturated carbocycles. The molecule has 94 valence electrons. The number of benzene rings is 1. The van der Waals surface area contributed by atoms with Gasteiger partial charge in [-0.3, -0.25) is 0 Å². The third kappa shape index (κ3) is 3.63. The number of esters is 1. The third-order valence-electron chi connectivity index (χ3n) is 2.39. The van der Waals surface area contributed by atoms with Crippen LogP contribution in [0.1, 0.15) is 21.6 Å². The highest BCUT2D eigenvalue weighted by molar-refractivity contribution is 9.10. The summed E-state index contributed by atoms with van der Waals surface area (Å²) >= 11 is 3.30. The Morgan fingerprint density at radius 3 is 2.74 bits per heavy atom. The Bertz CT molecular complexity index is 633. The number of rotatable bonds is 3. The van der Waals surface area contributed by atoms with Crippen molar-refractivity contribution < 1.29 is 9.53 Å². The molecule has 0 saturated heterocycles. The summed E-state index contributed by atoms with van der Waals surface area (Å²) in [6.45, 7) is 0.117. The first-order valence-corrected chi connectivity index (χ1v) is 6.26. The summed E-state index contributed by atoms with van der Waals surface area (Å²) in [7, 11) is 0. The number of aromatic nitrogens is 1. The van der Waals surface area contributed by atoms with Crippen LogP contribution in [0.15, 0.2) is 47.1 Å². The highest BCUT2D eigenvalue weighted by Crippen LogP contribution is 2.12. The first kappa shape index (κ1) is 13.2. The molecule has 0 radical (unpaired) electrons. The zero-order chi connectivity index (χ0) is 13.7. The van der Waals surface area contributed by atoms with Gasteiger partial charge in [-0.05, 0) is 42.0 Å². The summed E-state index contributed by atoms with van der Waals surface area (Å²) in [6.07, 6.45) is 1.52. The average molecular weight is 317 g/mol. The molecule has 1 aromatic heterocycles. The number of pyridine rings is 1. The lowest BCUT2D eigenvalue weighted by molar-refractivity contribution is 0.0472. The van der Waals surface area contributed by atoms with Crippen LogP contribution in [0.3, 0.4) is 0 Å². The average Bonchev–Trinajstić information content (AvgIpc) is 2.46. The van der Waals surface area contributed by atoms with Gasteiger partial charge in [0.25, 0.3) is 0 Å². The van der Waals surface area contributed by atoms with Gasteiger partial charge in [0, 0.05) is 10.7 Å². The second-order valence-corrected chi connectivity index (χ2v) is 4.66. The minimum Gasteiger partial charge on any atom is -0.457 e. The van der Waals surface area contributed by atoms with Gasteiger partial charge in [0.05, 0.1) is 5.56 Å². The van der Waals surface area contributed by atoms with Crippen LogP contribution in [0, 0.1) is 11.3 Å². The van der Waals surface area contributed by atoms with Crippen molar-refractivity contribution in [1.82, 2.24) is 4.98 Å². The van der Waals surface area contributed by atoms with Crippen LogP contribution >= 0.6 is 15.9 Å². The van der Waals surface area contributed by atoms with E-state index in [0.29, 0.717) is 11.3 Å². The summed E-state index contributed by atoms with van der Waals surface area (Å²) in [5.41, 5.74) is 1.52. The van der Waals surface area contributed by atoms with Crippen LogP contribution in [0.5, 0.6) is 0 Å². The Morgan fingerprint density at radius 1 is 1.32 bits per heavy atom. The normalized spacial score (nSPS) is 9.68. The molecular weight excluding hydrogens is 308 g/mol. The van der Waals surface area contributed by atoms with Gasteiger partial charge in [-0.25, -0.2) is 9.78 Å². The second-order valence-electron chi connectivity index (χ2n) is 3.74. The van der Waals surface area contributed by atoms with E-state index in [0.717, 1.165) is 10.0 Å². The van der Waals surface area contributed by atoms with Crippen molar-refractivity contribution in [2.24, 2.45) is 0 Å². The van der Waals surface area contributed by atoms with Gasteiger partial charge >= 0.3 is 5.97 Å². The van der Waals surface area contributed by atoms with E-state index in [2.05, 4.69) is 20.9 Å². The van der Waals surface area contributed by atoms with E-state index in [9.17, 15) is 4.79 Å². The maximum absolute atomic E-state index is 11.8. The Labute approximate surface area is 118 Å². The monoisotopic (exact) mass is 316 g/mol. The molecule has 0 spiro atoms. The summed E-state index contributed by atoms with van der Waals surface area (Å²) in [6, 6.07) is 12.1. The Balaban J connectivity index is 2.00. The highest BCUT2D eigenvalue weighted by Gasteiger charge is 2.07. The minimum absolute atomic E-state index is 0.117. The molecular formula is C14H9BrN2O2. The van der Waals surface area contributed by atoms with E-state index >= 15 is 0 Å². The third-order valence-corrected chi connectivity index (χ3v) is 2.92. The molecule has 5 heteroatoms. The van der Waals surface area contributed by atoms with Crippen LogP contribution in [-0.2, 0) is 11.3 Å². The predicted octanol–water partition coefficient (Wildman–Crippen LogP) is 3.07. The number of hydrogen-bond donors (Lipinski definition) is 0. The largest absolute Gasteiger partial charge is 0.457 e. The Kier molecular flexibility index (Phi) is 4.26. The van der Waals surface area contributed by atoms with Gasteiger partial charge in [-0.15, -0.1) is 0 Å². The van der Waals surface area contributed by atoms with Crippen LogP contribution in [0.2, 0.25) is 0 Å². The Hall–Kier alpha value is -2.19. The molecule has 0 atom stereocenters. The summed E-state index contributed by atoms with van der Waals surface area (Å²) in [4.78, 5) is 15.6. The molecule has 1 aromatic carbocycles. The van der Waals surface area contributed by atoms with Crippen molar-refractivity contribution in [3.05, 3.63) is 63.9 Å². The number of carbonyl (C=O) groups excluding carboxylic acids is 1. The maximum atomic E-state index is 11.8. The number of ether oxygens (including phenoxy) is 1. The fourth-order valence-corrected chi connectivity index (χ4v) is 1.71. The van der Waals surface area contributed by atoms with Gasteiger partial charge in [-0.1, -0.05) is 15.9 Å². The van der Waals surface area contributed by atoms with Gasteiger partial charge in [0.15, 0.2) is 0 Å². The zero-order valence-electron chi connectivity index (χ0n) is 9.84. The molecule has 0 aliphatic carbocycles. The molecule has 0 bridgehead atoms. The SMILES string of the molecule is N#Cc1cc(COC(=O)c2ccc(Br)cc2)ccn1. The van der Waals surface area contributed by atoms with E-state index in [1.54, 1.807) is 36.4 Å². The molecule has 2 rings (SSSR count). The maximum Gasteiger partial charge on any atom is 0.338 e. The molecule has 0 aliphatic rings. The van der Waals surface area contributed by atoms with E-state index in [-0.39, 0.29) is 6.61 Å². The number of carbonyl (C=O) groups is 1. The fourth-order valence-electron chi connectivity index (χ4n) is 1.44. The lowest BCUT2D eigenvalue weighted by Gasteiger charge is -2.05. The van der Waals surface area contributed by atoms with Crippen LogP contribution in [0.4, 0.5) is 0 Å². The van der Waals surface area contributed by atoms with E-state index < -0.39 is 5.97 Å². The van der Waals surface area contributed by atoms with Crippen molar-refractivity contribution in [2.75, 3.05) is 0 Å². The Morgan fingerprint density at radius 2 is 2.05 bits per heavy atom. The van der Waals surface area contributed by atoms with Crippen molar-refractivity contribution in [3.8, 4) is 6.07 Å². The first-order valence-electron chi connectivity index (χ1n) is 5.47. The van der Waals surface area contributed by atoms with Crippen molar-refractivity contribution in [1.29, 1.82) is 5.26 Å². The number of halogens is 1. The lowest BCUT2D eigenvalue weighted by atomic mass is 10.2. The fraction of sp³-hybridized carbons (Fsp3) is 0.0714. The van der Waals surface area contributed by atoms with Gasteiger partial charge in [-0.2, -0.15) is 5.26 Å². The summed E-state index contributed by atoms with van der Waals surface area (Å²) in [5, 5.41) is 8.72. The van der Waals surface area contributed by atoms with Crippen LogP contribution < -0.4 is 0 Å². The zero-order valence-corrected chi connectivity index (χ0v) is 11.4. The summed E-state index contributed by atoms with van der Waals surface area (Å²) < 4.78 is 6.06. The van der Waals surface area contributed by atoms with E-state index in [1.807, 2.05) is 6.07 Å². The first-order chi connectivity index (χ1) is 9.19. The number of hydrogen-bond acceptors (Lipinski definition) is 4. The minimum atomic E-state index is -0.400. The molecule has 2 aromatic rings. The molecule has 0 amide bonds.